The van der Waals surface area contributed by atoms with Gasteiger partial charge in [-0.3, -0.25) is 4.79 Å². The van der Waals surface area contributed by atoms with E-state index in [1.807, 2.05) is 13.8 Å². The summed E-state index contributed by atoms with van der Waals surface area (Å²) in [5.41, 5.74) is 6.42. The molecule has 2 atom stereocenters. The molecule has 0 bridgehead atoms. The van der Waals surface area contributed by atoms with Crippen LogP contribution in [0, 0.1) is 5.82 Å². The Kier molecular flexibility index (Phi) is 7.15. The summed E-state index contributed by atoms with van der Waals surface area (Å²) in [5.74, 6) is -0.00182. The lowest BCUT2D eigenvalue weighted by molar-refractivity contribution is -0.123. The van der Waals surface area contributed by atoms with Gasteiger partial charge in [0.1, 0.15) is 11.6 Å². The van der Waals surface area contributed by atoms with E-state index in [1.165, 1.54) is 18.2 Å². The van der Waals surface area contributed by atoms with E-state index in [4.69, 9.17) is 10.5 Å². The molecule has 0 fully saturated rings. The van der Waals surface area contributed by atoms with Gasteiger partial charge in [0, 0.05) is 12.1 Å². The number of carbonyl (C=O) groups is 1. The maximum absolute atomic E-state index is 13.3. The van der Waals surface area contributed by atoms with E-state index in [0.717, 1.165) is 12.8 Å². The fraction of sp³-hybridized carbons (Fsp3) is 0.562. The molecule has 3 N–H and O–H groups in total. The summed E-state index contributed by atoms with van der Waals surface area (Å²) < 4.78 is 18.8. The molecule has 0 aromatic heterocycles. The third-order valence-electron chi connectivity index (χ3n) is 3.05. The average molecular weight is 296 g/mol. The topological polar surface area (TPSA) is 64.3 Å². The van der Waals surface area contributed by atoms with Crippen LogP contribution in [0.25, 0.3) is 0 Å². The number of nitrogens with two attached hydrogens (primary N) is 1. The molecule has 0 radical (unpaired) electrons. The lowest BCUT2D eigenvalue weighted by atomic mass is 10.1. The van der Waals surface area contributed by atoms with Gasteiger partial charge in [0.05, 0.1) is 0 Å². The maximum Gasteiger partial charge on any atom is 0.258 e. The molecule has 1 aromatic carbocycles. The Hall–Kier alpha value is -1.62. The van der Waals surface area contributed by atoms with Crippen LogP contribution in [-0.2, 0) is 11.2 Å². The number of amides is 1. The van der Waals surface area contributed by atoms with Crippen molar-refractivity contribution in [1.82, 2.24) is 5.32 Å². The first kappa shape index (κ1) is 17.4. The van der Waals surface area contributed by atoms with E-state index in [-0.39, 0.29) is 30.4 Å². The van der Waals surface area contributed by atoms with Crippen LogP contribution in [0.5, 0.6) is 5.75 Å². The molecule has 0 saturated carbocycles. The molecular weight excluding hydrogens is 271 g/mol. The summed E-state index contributed by atoms with van der Waals surface area (Å²) in [4.78, 5) is 11.8. The van der Waals surface area contributed by atoms with E-state index >= 15 is 0 Å². The maximum atomic E-state index is 13.3. The fourth-order valence-corrected chi connectivity index (χ4v) is 2.16. The van der Waals surface area contributed by atoms with Crippen molar-refractivity contribution in [2.45, 2.75) is 52.1 Å². The van der Waals surface area contributed by atoms with Crippen molar-refractivity contribution in [3.63, 3.8) is 0 Å². The van der Waals surface area contributed by atoms with Crippen LogP contribution in [-0.4, -0.2) is 24.6 Å². The van der Waals surface area contributed by atoms with Crippen LogP contribution in [0.4, 0.5) is 4.39 Å². The van der Waals surface area contributed by atoms with Crippen molar-refractivity contribution in [3.8, 4) is 5.75 Å². The summed E-state index contributed by atoms with van der Waals surface area (Å²) in [6, 6.07) is 4.28. The predicted molar refractivity (Wildman–Crippen MR) is 81.8 cm³/mol. The molecule has 118 valence electrons. The van der Waals surface area contributed by atoms with Crippen molar-refractivity contribution in [1.29, 1.82) is 0 Å². The van der Waals surface area contributed by atoms with E-state index in [0.29, 0.717) is 17.7 Å². The second-order valence-corrected chi connectivity index (χ2v) is 5.48. The Labute approximate surface area is 125 Å². The van der Waals surface area contributed by atoms with Crippen LogP contribution in [0.15, 0.2) is 18.2 Å². The minimum absolute atomic E-state index is 0.0777. The van der Waals surface area contributed by atoms with Gasteiger partial charge in [-0.05, 0) is 50.5 Å². The summed E-state index contributed by atoms with van der Waals surface area (Å²) in [5, 5.41) is 2.86. The minimum Gasteiger partial charge on any atom is -0.483 e. The van der Waals surface area contributed by atoms with Gasteiger partial charge in [0.2, 0.25) is 0 Å². The lowest BCUT2D eigenvalue weighted by Crippen LogP contribution is -2.36. The van der Waals surface area contributed by atoms with E-state index in [1.54, 1.807) is 0 Å². The molecule has 1 aromatic rings. The number of ether oxygens (including phenoxy) is 1. The zero-order chi connectivity index (χ0) is 15.8. The predicted octanol–water partition coefficient (Wildman–Crippen LogP) is 2.40. The Morgan fingerprint density at radius 1 is 1.43 bits per heavy atom. The normalized spacial score (nSPS) is 13.6. The summed E-state index contributed by atoms with van der Waals surface area (Å²) >= 11 is 0. The highest BCUT2D eigenvalue weighted by Crippen LogP contribution is 2.21. The lowest BCUT2D eigenvalue weighted by Gasteiger charge is -2.15. The van der Waals surface area contributed by atoms with Crippen LogP contribution in [0.1, 0.15) is 39.2 Å². The Morgan fingerprint density at radius 2 is 2.14 bits per heavy atom. The molecule has 5 heteroatoms. The fourth-order valence-electron chi connectivity index (χ4n) is 2.16. The van der Waals surface area contributed by atoms with Gasteiger partial charge in [-0.1, -0.05) is 13.3 Å². The first-order chi connectivity index (χ1) is 9.92. The highest BCUT2D eigenvalue weighted by atomic mass is 19.1. The molecule has 21 heavy (non-hydrogen) atoms. The minimum atomic E-state index is -0.334. The SMILES string of the molecule is CCCC(C)NC(=O)COc1ccc(F)cc1CC(C)N. The van der Waals surface area contributed by atoms with E-state index in [2.05, 4.69) is 12.2 Å². The summed E-state index contributed by atoms with van der Waals surface area (Å²) in [6.45, 7) is 5.79. The molecule has 0 aliphatic carbocycles. The van der Waals surface area contributed by atoms with Crippen LogP contribution in [0.2, 0.25) is 0 Å². The van der Waals surface area contributed by atoms with Gasteiger partial charge in [-0.25, -0.2) is 4.39 Å². The Morgan fingerprint density at radius 3 is 2.76 bits per heavy atom. The largest absolute Gasteiger partial charge is 0.483 e. The molecule has 0 heterocycles. The molecule has 0 aliphatic rings. The number of rotatable bonds is 8. The molecule has 0 saturated heterocycles. The van der Waals surface area contributed by atoms with Crippen molar-refractivity contribution in [2.75, 3.05) is 6.61 Å². The quantitative estimate of drug-likeness (QED) is 0.774. The van der Waals surface area contributed by atoms with E-state index in [9.17, 15) is 9.18 Å². The number of carbonyl (C=O) groups excluding carboxylic acids is 1. The van der Waals surface area contributed by atoms with Gasteiger partial charge in [-0.15, -0.1) is 0 Å². The highest BCUT2D eigenvalue weighted by molar-refractivity contribution is 5.77. The third kappa shape index (κ3) is 6.58. The second-order valence-electron chi connectivity index (χ2n) is 5.48. The number of nitrogens with one attached hydrogen (secondary N) is 1. The highest BCUT2D eigenvalue weighted by Gasteiger charge is 2.11. The third-order valence-corrected chi connectivity index (χ3v) is 3.05. The average Bonchev–Trinajstić information content (AvgIpc) is 2.37. The van der Waals surface area contributed by atoms with Gasteiger partial charge in [-0.2, -0.15) is 0 Å². The van der Waals surface area contributed by atoms with Crippen molar-refractivity contribution >= 4 is 5.91 Å². The number of hydrogen-bond donors (Lipinski definition) is 2. The van der Waals surface area contributed by atoms with Gasteiger partial charge >= 0.3 is 0 Å². The standard InChI is InChI=1S/C16H25FN2O2/c1-4-5-12(3)19-16(20)10-21-15-7-6-14(17)9-13(15)8-11(2)18/h6-7,9,11-12H,4-5,8,10,18H2,1-3H3,(H,19,20). The summed E-state index contributed by atoms with van der Waals surface area (Å²) in [7, 11) is 0. The van der Waals surface area contributed by atoms with Crippen LogP contribution >= 0.6 is 0 Å². The molecule has 2 unspecified atom stereocenters. The molecule has 1 amide bonds. The van der Waals surface area contributed by atoms with Gasteiger partial charge < -0.3 is 15.8 Å². The zero-order valence-electron chi connectivity index (χ0n) is 13.0. The molecule has 4 nitrogen and oxygen atoms in total. The Balaban J connectivity index is 2.60. The van der Waals surface area contributed by atoms with Crippen molar-refractivity contribution in [2.24, 2.45) is 5.73 Å². The van der Waals surface area contributed by atoms with E-state index < -0.39 is 0 Å². The molecule has 1 rings (SSSR count). The van der Waals surface area contributed by atoms with Crippen molar-refractivity contribution < 1.29 is 13.9 Å². The van der Waals surface area contributed by atoms with Crippen molar-refractivity contribution in [3.05, 3.63) is 29.6 Å². The number of benzene rings is 1. The zero-order valence-corrected chi connectivity index (χ0v) is 13.0. The van der Waals surface area contributed by atoms with Crippen LogP contribution < -0.4 is 15.8 Å². The second kappa shape index (κ2) is 8.62. The Bertz CT molecular complexity index is 464. The van der Waals surface area contributed by atoms with Gasteiger partial charge in [0.15, 0.2) is 6.61 Å². The molecule has 0 spiro atoms. The number of halogens is 1. The summed E-state index contributed by atoms with van der Waals surface area (Å²) in [6.07, 6.45) is 2.44. The number of hydrogen-bond acceptors (Lipinski definition) is 3. The van der Waals surface area contributed by atoms with Crippen LogP contribution in [0.3, 0.4) is 0 Å². The smallest absolute Gasteiger partial charge is 0.258 e. The monoisotopic (exact) mass is 296 g/mol. The molecular formula is C16H25FN2O2. The molecule has 0 aliphatic heterocycles. The first-order valence-electron chi connectivity index (χ1n) is 7.38. The van der Waals surface area contributed by atoms with Gasteiger partial charge in [0.25, 0.3) is 5.91 Å². The first-order valence-corrected chi connectivity index (χ1v) is 7.38.